The van der Waals surface area contributed by atoms with Gasteiger partial charge in [-0.2, -0.15) is 0 Å². The van der Waals surface area contributed by atoms with Crippen LogP contribution in [0.4, 0.5) is 0 Å². The second-order valence-corrected chi connectivity index (χ2v) is 3.91. The minimum Gasteiger partial charge on any atom is -0.494 e. The Balaban J connectivity index is 2.07. The number of benzene rings is 1. The molecule has 1 nitrogen and oxygen atoms in total. The van der Waals surface area contributed by atoms with Crippen molar-refractivity contribution in [3.8, 4) is 5.75 Å². The van der Waals surface area contributed by atoms with E-state index in [1.54, 1.807) is 0 Å². The highest BCUT2D eigenvalue weighted by Gasteiger charge is 1.93. The van der Waals surface area contributed by atoms with Gasteiger partial charge < -0.3 is 4.74 Å². The summed E-state index contributed by atoms with van der Waals surface area (Å²) in [6.45, 7) is 6.90. The molecule has 0 aliphatic carbocycles. The quantitative estimate of drug-likeness (QED) is 0.606. The normalized spacial score (nSPS) is 10.3. The maximum Gasteiger partial charge on any atom is 0.119 e. The van der Waals surface area contributed by atoms with Gasteiger partial charge in [-0.1, -0.05) is 44.7 Å². The lowest BCUT2D eigenvalue weighted by atomic mass is 10.2. The summed E-state index contributed by atoms with van der Waals surface area (Å²) in [6, 6.07) is 7.92. The fraction of sp³-hybridized carbons (Fsp3) is 0.500. The highest BCUT2D eigenvalue weighted by Crippen LogP contribution is 2.12. The largest absolute Gasteiger partial charge is 0.494 e. The van der Waals surface area contributed by atoms with E-state index in [0.29, 0.717) is 0 Å². The van der Waals surface area contributed by atoms with E-state index in [1.807, 2.05) is 24.3 Å². The third-order valence-corrected chi connectivity index (χ3v) is 2.44. The molecule has 0 unspecified atom stereocenters. The molecule has 1 radical (unpaired) electrons. The van der Waals surface area contributed by atoms with Crippen LogP contribution in [-0.2, 0) is 0 Å². The van der Waals surface area contributed by atoms with Gasteiger partial charge in [-0.05, 0) is 31.0 Å². The van der Waals surface area contributed by atoms with Crippen LogP contribution in [0.1, 0.15) is 44.6 Å². The lowest BCUT2D eigenvalue weighted by Gasteiger charge is -2.05. The maximum atomic E-state index is 5.61. The van der Waals surface area contributed by atoms with Crippen molar-refractivity contribution in [1.29, 1.82) is 0 Å². The van der Waals surface area contributed by atoms with Gasteiger partial charge in [0.2, 0.25) is 0 Å². The summed E-state index contributed by atoms with van der Waals surface area (Å²) in [6.07, 6.45) is 6.41. The molecule has 0 aliphatic heterocycles. The molecule has 1 rings (SSSR count). The molecule has 0 fully saturated rings. The molecule has 0 saturated carbocycles. The van der Waals surface area contributed by atoms with E-state index >= 15 is 0 Å². The first-order chi connectivity index (χ1) is 7.33. The lowest BCUT2D eigenvalue weighted by molar-refractivity contribution is 0.304. The third kappa shape index (κ3) is 5.46. The van der Waals surface area contributed by atoms with Gasteiger partial charge in [0.25, 0.3) is 0 Å². The van der Waals surface area contributed by atoms with Crippen LogP contribution >= 0.6 is 0 Å². The van der Waals surface area contributed by atoms with E-state index in [-0.39, 0.29) is 0 Å². The highest BCUT2D eigenvalue weighted by molar-refractivity contribution is 5.28. The van der Waals surface area contributed by atoms with Gasteiger partial charge in [-0.3, -0.25) is 0 Å². The molecular weight excluding hydrogens is 184 g/mol. The summed E-state index contributed by atoms with van der Waals surface area (Å²) in [4.78, 5) is 0. The summed E-state index contributed by atoms with van der Waals surface area (Å²) < 4.78 is 5.61. The Morgan fingerprint density at radius 3 is 2.33 bits per heavy atom. The van der Waals surface area contributed by atoms with Crippen LogP contribution in [0.25, 0.3) is 0 Å². The zero-order valence-electron chi connectivity index (χ0n) is 9.67. The van der Waals surface area contributed by atoms with E-state index in [4.69, 9.17) is 4.74 Å². The van der Waals surface area contributed by atoms with E-state index in [9.17, 15) is 0 Å². The molecule has 0 aromatic heterocycles. The van der Waals surface area contributed by atoms with E-state index < -0.39 is 0 Å². The van der Waals surface area contributed by atoms with E-state index in [2.05, 4.69) is 13.8 Å². The van der Waals surface area contributed by atoms with E-state index in [1.165, 1.54) is 25.7 Å². The van der Waals surface area contributed by atoms with Crippen molar-refractivity contribution in [1.82, 2.24) is 0 Å². The molecule has 1 heteroatoms. The molecule has 0 bridgehead atoms. The van der Waals surface area contributed by atoms with E-state index in [0.717, 1.165) is 24.3 Å². The first-order valence-corrected chi connectivity index (χ1v) is 5.87. The van der Waals surface area contributed by atoms with Crippen LogP contribution < -0.4 is 4.74 Å². The molecule has 15 heavy (non-hydrogen) atoms. The Labute approximate surface area is 93.5 Å². The SMILES string of the molecule is [CH2]c1ccc(OCCCCCCC)cc1. The summed E-state index contributed by atoms with van der Waals surface area (Å²) in [5.74, 6) is 0.956. The number of unbranched alkanes of at least 4 members (excludes halogenated alkanes) is 4. The maximum absolute atomic E-state index is 5.61. The highest BCUT2D eigenvalue weighted by atomic mass is 16.5. The number of ether oxygens (including phenoxy) is 1. The van der Waals surface area contributed by atoms with Gasteiger partial charge in [0.05, 0.1) is 6.61 Å². The Kier molecular flexibility index (Phi) is 5.91. The van der Waals surface area contributed by atoms with Crippen molar-refractivity contribution in [2.75, 3.05) is 6.61 Å². The average molecular weight is 205 g/mol. The summed E-state index contributed by atoms with van der Waals surface area (Å²) in [5.41, 5.74) is 1.03. The van der Waals surface area contributed by atoms with Crippen molar-refractivity contribution in [2.24, 2.45) is 0 Å². The molecule has 0 heterocycles. The molecule has 1 aromatic carbocycles. The van der Waals surface area contributed by atoms with Crippen LogP contribution in [0.5, 0.6) is 5.75 Å². The monoisotopic (exact) mass is 205 g/mol. The van der Waals surface area contributed by atoms with Crippen molar-refractivity contribution < 1.29 is 4.74 Å². The minimum atomic E-state index is 0.834. The first-order valence-electron chi connectivity index (χ1n) is 5.87. The molecule has 0 spiro atoms. The Hall–Kier alpha value is -0.980. The summed E-state index contributed by atoms with van der Waals surface area (Å²) in [7, 11) is 0. The van der Waals surface area contributed by atoms with Crippen molar-refractivity contribution in [3.05, 3.63) is 36.8 Å². The second kappa shape index (κ2) is 7.33. The Morgan fingerprint density at radius 1 is 1.00 bits per heavy atom. The van der Waals surface area contributed by atoms with Gasteiger partial charge in [0.1, 0.15) is 5.75 Å². The van der Waals surface area contributed by atoms with Crippen LogP contribution in [-0.4, -0.2) is 6.61 Å². The van der Waals surface area contributed by atoms with Crippen LogP contribution in [0.2, 0.25) is 0 Å². The van der Waals surface area contributed by atoms with Crippen molar-refractivity contribution in [2.45, 2.75) is 39.0 Å². The first kappa shape index (κ1) is 12.1. The van der Waals surface area contributed by atoms with Gasteiger partial charge in [0.15, 0.2) is 0 Å². The number of rotatable bonds is 7. The topological polar surface area (TPSA) is 9.23 Å². The minimum absolute atomic E-state index is 0.834. The van der Waals surface area contributed by atoms with Gasteiger partial charge in [-0.25, -0.2) is 0 Å². The van der Waals surface area contributed by atoms with Gasteiger partial charge in [-0.15, -0.1) is 0 Å². The van der Waals surface area contributed by atoms with Crippen LogP contribution in [0.3, 0.4) is 0 Å². The predicted octanol–water partition coefficient (Wildman–Crippen LogP) is 4.22. The van der Waals surface area contributed by atoms with Gasteiger partial charge in [0, 0.05) is 0 Å². The zero-order chi connectivity index (χ0) is 10.9. The number of hydrogen-bond acceptors (Lipinski definition) is 1. The Morgan fingerprint density at radius 2 is 1.67 bits per heavy atom. The van der Waals surface area contributed by atoms with Crippen LogP contribution in [0, 0.1) is 6.92 Å². The lowest BCUT2D eigenvalue weighted by Crippen LogP contribution is -1.97. The molecule has 0 saturated heterocycles. The van der Waals surface area contributed by atoms with Gasteiger partial charge >= 0.3 is 0 Å². The van der Waals surface area contributed by atoms with Crippen molar-refractivity contribution in [3.63, 3.8) is 0 Å². The Bertz CT molecular complexity index is 251. The molecule has 0 aliphatic rings. The fourth-order valence-electron chi connectivity index (χ4n) is 1.48. The molecule has 0 amide bonds. The molecule has 1 aromatic rings. The molecular formula is C14H21O. The second-order valence-electron chi connectivity index (χ2n) is 3.91. The third-order valence-electron chi connectivity index (χ3n) is 2.44. The van der Waals surface area contributed by atoms with Crippen LogP contribution in [0.15, 0.2) is 24.3 Å². The van der Waals surface area contributed by atoms with Crippen molar-refractivity contribution >= 4 is 0 Å². The molecule has 0 atom stereocenters. The summed E-state index contributed by atoms with van der Waals surface area (Å²) >= 11 is 0. The predicted molar refractivity (Wildman–Crippen MR) is 65.2 cm³/mol. The molecule has 83 valence electrons. The standard InChI is InChI=1S/C14H21O/c1-3-4-5-6-7-12-15-14-10-8-13(2)9-11-14/h8-11H,2-7,12H2,1H3. The average Bonchev–Trinajstić information content (AvgIpc) is 2.26. The smallest absolute Gasteiger partial charge is 0.119 e. The molecule has 0 N–H and O–H groups in total. The fourth-order valence-corrected chi connectivity index (χ4v) is 1.48. The summed E-state index contributed by atoms with van der Waals surface area (Å²) in [5, 5.41) is 0. The number of hydrogen-bond donors (Lipinski definition) is 0. The zero-order valence-corrected chi connectivity index (χ0v) is 9.67.